The third-order valence-corrected chi connectivity index (χ3v) is 4.89. The van der Waals surface area contributed by atoms with Crippen molar-refractivity contribution in [3.05, 3.63) is 111 Å². The molecule has 1 aliphatic heterocycles. The van der Waals surface area contributed by atoms with Crippen molar-refractivity contribution >= 4 is 17.5 Å². The first-order valence-electron chi connectivity index (χ1n) is 9.37. The molecule has 0 saturated carbocycles. The van der Waals surface area contributed by atoms with E-state index in [0.717, 1.165) is 16.7 Å². The van der Waals surface area contributed by atoms with E-state index in [9.17, 15) is 19.7 Å². The molecule has 30 heavy (non-hydrogen) atoms. The molecule has 2 amide bonds. The van der Waals surface area contributed by atoms with Crippen molar-refractivity contribution in [2.45, 2.75) is 19.8 Å². The van der Waals surface area contributed by atoms with Gasteiger partial charge in [-0.25, -0.2) is 0 Å². The van der Waals surface area contributed by atoms with Crippen LogP contribution in [-0.4, -0.2) is 21.6 Å². The fourth-order valence-corrected chi connectivity index (χ4v) is 3.38. The van der Waals surface area contributed by atoms with Gasteiger partial charge in [0, 0.05) is 12.1 Å². The molecule has 0 atom stereocenters. The van der Waals surface area contributed by atoms with Crippen molar-refractivity contribution < 1.29 is 19.2 Å². The first-order valence-corrected chi connectivity index (χ1v) is 9.37. The minimum Gasteiger partial charge on any atom is -0.372 e. The molecule has 0 radical (unpaired) electrons. The van der Waals surface area contributed by atoms with Crippen LogP contribution in [0.5, 0.6) is 0 Å². The molecule has 0 spiro atoms. The van der Waals surface area contributed by atoms with Gasteiger partial charge in [-0.1, -0.05) is 36.4 Å². The molecule has 1 heterocycles. The molecule has 4 rings (SSSR count). The highest BCUT2D eigenvalue weighted by Crippen LogP contribution is 2.24. The Morgan fingerprint density at radius 2 is 1.37 bits per heavy atom. The van der Waals surface area contributed by atoms with Crippen LogP contribution in [-0.2, 0) is 24.5 Å². The second kappa shape index (κ2) is 8.26. The smallest absolute Gasteiger partial charge is 0.269 e. The van der Waals surface area contributed by atoms with E-state index in [1.807, 2.05) is 24.3 Å². The lowest BCUT2D eigenvalue weighted by Crippen LogP contribution is -2.29. The van der Waals surface area contributed by atoms with Crippen LogP contribution in [0.25, 0.3) is 0 Å². The number of nitro benzene ring substituents is 1. The average Bonchev–Trinajstić information content (AvgIpc) is 3.00. The van der Waals surface area contributed by atoms with E-state index in [4.69, 9.17) is 4.74 Å². The largest absolute Gasteiger partial charge is 0.372 e. The topological polar surface area (TPSA) is 89.8 Å². The number of amides is 2. The van der Waals surface area contributed by atoms with Crippen molar-refractivity contribution in [1.82, 2.24) is 4.90 Å². The molecule has 0 saturated heterocycles. The SMILES string of the molecule is O=C1c2ccccc2C(=O)N1Cc1cccc(COCc2ccc([N+](=O)[O-])cc2)c1. The first-order chi connectivity index (χ1) is 14.5. The Kier molecular flexibility index (Phi) is 5.36. The summed E-state index contributed by atoms with van der Waals surface area (Å²) >= 11 is 0. The molecule has 7 nitrogen and oxygen atoms in total. The summed E-state index contributed by atoms with van der Waals surface area (Å²) in [5, 5.41) is 10.7. The van der Waals surface area contributed by atoms with E-state index in [2.05, 4.69) is 0 Å². The maximum atomic E-state index is 12.5. The second-order valence-electron chi connectivity index (χ2n) is 6.98. The van der Waals surface area contributed by atoms with E-state index in [0.29, 0.717) is 24.3 Å². The molecule has 0 bridgehead atoms. The molecular weight excluding hydrogens is 384 g/mol. The Bertz CT molecular complexity index is 1090. The van der Waals surface area contributed by atoms with Gasteiger partial charge in [0.1, 0.15) is 0 Å². The molecule has 3 aromatic rings. The number of imide groups is 1. The Balaban J connectivity index is 1.37. The lowest BCUT2D eigenvalue weighted by molar-refractivity contribution is -0.384. The number of fused-ring (bicyclic) bond motifs is 1. The standard InChI is InChI=1S/C23H18N2O5/c26-22-20-6-1-2-7-21(20)23(27)24(22)13-17-4-3-5-18(12-17)15-30-14-16-8-10-19(11-9-16)25(28)29/h1-12H,13-15H2. The molecular formula is C23H18N2O5. The van der Waals surface area contributed by atoms with Gasteiger partial charge < -0.3 is 4.74 Å². The van der Waals surface area contributed by atoms with Crippen molar-refractivity contribution in [2.75, 3.05) is 0 Å². The van der Waals surface area contributed by atoms with Crippen LogP contribution in [0.2, 0.25) is 0 Å². The highest BCUT2D eigenvalue weighted by atomic mass is 16.6. The summed E-state index contributed by atoms with van der Waals surface area (Å²) in [6, 6.07) is 20.6. The molecule has 0 unspecified atom stereocenters. The third kappa shape index (κ3) is 3.97. The summed E-state index contributed by atoms with van der Waals surface area (Å²) in [5.74, 6) is -0.564. The predicted molar refractivity (Wildman–Crippen MR) is 109 cm³/mol. The van der Waals surface area contributed by atoms with Gasteiger partial charge in [0.25, 0.3) is 17.5 Å². The minimum atomic E-state index is -0.440. The Labute approximate surface area is 172 Å². The van der Waals surface area contributed by atoms with E-state index in [-0.39, 0.29) is 24.0 Å². The number of nitrogens with zero attached hydrogens (tertiary/aromatic N) is 2. The zero-order valence-electron chi connectivity index (χ0n) is 16.0. The minimum absolute atomic E-state index is 0.0413. The molecule has 0 N–H and O–H groups in total. The molecule has 3 aromatic carbocycles. The van der Waals surface area contributed by atoms with Crippen LogP contribution in [0.15, 0.2) is 72.8 Å². The third-order valence-electron chi connectivity index (χ3n) is 4.89. The summed E-state index contributed by atoms with van der Waals surface area (Å²) in [6.07, 6.45) is 0. The number of hydrogen-bond acceptors (Lipinski definition) is 5. The van der Waals surface area contributed by atoms with Crippen LogP contribution in [0.3, 0.4) is 0 Å². The predicted octanol–water partition coefficient (Wildman–Crippen LogP) is 4.11. The Morgan fingerprint density at radius 3 is 2.00 bits per heavy atom. The number of carbonyl (C=O) groups excluding carboxylic acids is 2. The quantitative estimate of drug-likeness (QED) is 0.337. The van der Waals surface area contributed by atoms with Gasteiger partial charge in [-0.05, 0) is 41.0 Å². The molecule has 0 aromatic heterocycles. The average molecular weight is 402 g/mol. The van der Waals surface area contributed by atoms with Crippen LogP contribution < -0.4 is 0 Å². The number of nitro groups is 1. The van der Waals surface area contributed by atoms with Gasteiger partial charge in [0.05, 0.1) is 35.8 Å². The Hall–Kier alpha value is -3.84. The van der Waals surface area contributed by atoms with Crippen molar-refractivity contribution in [1.29, 1.82) is 0 Å². The maximum absolute atomic E-state index is 12.5. The normalized spacial score (nSPS) is 12.9. The van der Waals surface area contributed by atoms with Gasteiger partial charge in [-0.15, -0.1) is 0 Å². The number of ether oxygens (including phenoxy) is 1. The van der Waals surface area contributed by atoms with Crippen molar-refractivity contribution in [2.24, 2.45) is 0 Å². The van der Waals surface area contributed by atoms with Gasteiger partial charge in [0.2, 0.25) is 0 Å². The van der Waals surface area contributed by atoms with Gasteiger partial charge in [0.15, 0.2) is 0 Å². The van der Waals surface area contributed by atoms with Crippen molar-refractivity contribution in [3.8, 4) is 0 Å². The Morgan fingerprint density at radius 1 is 0.767 bits per heavy atom. The van der Waals surface area contributed by atoms with E-state index in [1.54, 1.807) is 36.4 Å². The van der Waals surface area contributed by atoms with Crippen LogP contribution in [0, 0.1) is 10.1 Å². The number of rotatable bonds is 7. The van der Waals surface area contributed by atoms with E-state index >= 15 is 0 Å². The second-order valence-corrected chi connectivity index (χ2v) is 6.98. The maximum Gasteiger partial charge on any atom is 0.269 e. The summed E-state index contributed by atoms with van der Waals surface area (Å²) in [6.45, 7) is 0.857. The summed E-state index contributed by atoms with van der Waals surface area (Å²) < 4.78 is 5.71. The summed E-state index contributed by atoms with van der Waals surface area (Å²) in [4.78, 5) is 36.6. The number of hydrogen-bond donors (Lipinski definition) is 0. The van der Waals surface area contributed by atoms with Gasteiger partial charge >= 0.3 is 0 Å². The first kappa shape index (κ1) is 19.5. The van der Waals surface area contributed by atoms with Crippen molar-refractivity contribution in [3.63, 3.8) is 0 Å². The zero-order valence-corrected chi connectivity index (χ0v) is 16.0. The zero-order chi connectivity index (χ0) is 21.1. The lowest BCUT2D eigenvalue weighted by Gasteiger charge is -2.14. The highest BCUT2D eigenvalue weighted by Gasteiger charge is 2.34. The monoisotopic (exact) mass is 402 g/mol. The van der Waals surface area contributed by atoms with E-state index < -0.39 is 4.92 Å². The number of non-ortho nitro benzene ring substituents is 1. The van der Waals surface area contributed by atoms with E-state index in [1.165, 1.54) is 17.0 Å². The van der Waals surface area contributed by atoms with Gasteiger partial charge in [-0.2, -0.15) is 0 Å². The number of benzene rings is 3. The fourth-order valence-electron chi connectivity index (χ4n) is 3.38. The molecule has 0 aliphatic carbocycles. The molecule has 1 aliphatic rings. The van der Waals surface area contributed by atoms with Crippen LogP contribution in [0.4, 0.5) is 5.69 Å². The summed E-state index contributed by atoms with van der Waals surface area (Å²) in [5.41, 5.74) is 3.49. The van der Waals surface area contributed by atoms with Crippen LogP contribution in [0.1, 0.15) is 37.4 Å². The molecule has 7 heteroatoms. The van der Waals surface area contributed by atoms with Gasteiger partial charge in [-0.3, -0.25) is 24.6 Å². The molecule has 150 valence electrons. The highest BCUT2D eigenvalue weighted by molar-refractivity contribution is 6.21. The summed E-state index contributed by atoms with van der Waals surface area (Å²) in [7, 11) is 0. The van der Waals surface area contributed by atoms with Crippen LogP contribution >= 0.6 is 0 Å². The molecule has 0 fully saturated rings. The fraction of sp³-hybridized carbons (Fsp3) is 0.130. The lowest BCUT2D eigenvalue weighted by atomic mass is 10.1. The number of carbonyl (C=O) groups is 2.